The lowest BCUT2D eigenvalue weighted by Crippen LogP contribution is -2.18. The molecule has 4 rings (SSSR count). The summed E-state index contributed by atoms with van der Waals surface area (Å²) in [5.41, 5.74) is 0.495. The molecule has 0 unspecified atom stereocenters. The lowest BCUT2D eigenvalue weighted by molar-refractivity contribution is -0.137. The van der Waals surface area contributed by atoms with Gasteiger partial charge in [0.15, 0.2) is 5.65 Å². The Morgan fingerprint density at radius 2 is 1.89 bits per heavy atom. The molecule has 1 aromatic carbocycles. The van der Waals surface area contributed by atoms with Crippen LogP contribution in [0.1, 0.15) is 11.1 Å². The molecule has 0 atom stereocenters. The molecule has 1 aliphatic rings. The fraction of sp³-hybridized carbons (Fsp3) is 0.105. The van der Waals surface area contributed by atoms with E-state index in [0.717, 1.165) is 12.3 Å². The summed E-state index contributed by atoms with van der Waals surface area (Å²) in [5, 5.41) is 2.59. The number of alkyl halides is 3. The van der Waals surface area contributed by atoms with Crippen molar-refractivity contribution in [3.63, 3.8) is 0 Å². The monoisotopic (exact) mass is 388 g/mol. The second-order valence-electron chi connectivity index (χ2n) is 6.14. The normalized spacial score (nSPS) is 13.4. The molecule has 0 spiro atoms. The standard InChI is InChI=1S/C19H12F4N4O/c20-13-6-4-11(5-7-13)8-16(28)26-18-25-15-9-12(19(21,22)23)10-24-17(15)27(18)14-2-1-3-14/h1-7,9-10H,8H2,(H,25,26,28). The molecule has 0 radical (unpaired) electrons. The number of carbonyl (C=O) groups is 1. The second-order valence-corrected chi connectivity index (χ2v) is 6.14. The van der Waals surface area contributed by atoms with Gasteiger partial charge in [-0.2, -0.15) is 13.2 Å². The first kappa shape index (κ1) is 17.9. The number of rotatable bonds is 4. The highest BCUT2D eigenvalue weighted by molar-refractivity contribution is 5.94. The van der Waals surface area contributed by atoms with Crippen molar-refractivity contribution < 1.29 is 22.4 Å². The summed E-state index contributed by atoms with van der Waals surface area (Å²) in [6, 6.07) is 6.32. The molecular formula is C19H12F4N4O. The minimum absolute atomic E-state index is 0.00751. The molecule has 0 saturated heterocycles. The summed E-state index contributed by atoms with van der Waals surface area (Å²) in [6.45, 7) is 0. The van der Waals surface area contributed by atoms with Crippen molar-refractivity contribution in [2.75, 3.05) is 5.32 Å². The van der Waals surface area contributed by atoms with Crippen molar-refractivity contribution in [1.82, 2.24) is 14.5 Å². The van der Waals surface area contributed by atoms with Crippen LogP contribution in [-0.4, -0.2) is 20.4 Å². The number of carbonyl (C=O) groups excluding carboxylic acids is 1. The molecule has 0 fully saturated rings. The minimum Gasteiger partial charge on any atom is -0.295 e. The van der Waals surface area contributed by atoms with E-state index in [1.54, 1.807) is 18.2 Å². The Bertz CT molecular complexity index is 1130. The molecule has 142 valence electrons. The smallest absolute Gasteiger partial charge is 0.295 e. The zero-order valence-electron chi connectivity index (χ0n) is 14.2. The molecule has 1 aliphatic carbocycles. The number of allylic oxidation sites excluding steroid dienone is 4. The number of aromatic nitrogens is 3. The van der Waals surface area contributed by atoms with Crippen LogP contribution in [0.4, 0.5) is 23.5 Å². The number of imidazole rings is 1. The highest BCUT2D eigenvalue weighted by Crippen LogP contribution is 2.32. The van der Waals surface area contributed by atoms with Crippen LogP contribution in [0.25, 0.3) is 16.9 Å². The number of nitrogens with zero attached hydrogens (tertiary/aromatic N) is 3. The average Bonchev–Trinajstić information content (AvgIpc) is 2.92. The fourth-order valence-electron chi connectivity index (χ4n) is 2.74. The van der Waals surface area contributed by atoms with Crippen LogP contribution in [0.2, 0.25) is 0 Å². The number of fused-ring (bicyclic) bond motifs is 1. The van der Waals surface area contributed by atoms with Gasteiger partial charge in [0, 0.05) is 6.20 Å². The number of anilines is 1. The fourth-order valence-corrected chi connectivity index (χ4v) is 2.74. The number of benzene rings is 1. The maximum Gasteiger partial charge on any atom is 0.417 e. The predicted octanol–water partition coefficient (Wildman–Crippen LogP) is 4.18. The van der Waals surface area contributed by atoms with Gasteiger partial charge >= 0.3 is 6.18 Å². The van der Waals surface area contributed by atoms with E-state index in [1.165, 1.54) is 28.8 Å². The molecule has 1 N–H and O–H groups in total. The highest BCUT2D eigenvalue weighted by atomic mass is 19.4. The molecule has 3 aromatic rings. The average molecular weight is 388 g/mol. The van der Waals surface area contributed by atoms with Crippen LogP contribution in [0, 0.1) is 5.82 Å². The topological polar surface area (TPSA) is 59.8 Å². The van der Waals surface area contributed by atoms with Gasteiger partial charge < -0.3 is 0 Å². The SMILES string of the molecule is O=C(Cc1ccc(F)cc1)Nc1nc2cc(C(F)(F)F)cnc2n1C1=CC=C1. The summed E-state index contributed by atoms with van der Waals surface area (Å²) in [5.74, 6) is -0.797. The molecule has 0 bridgehead atoms. The van der Waals surface area contributed by atoms with Gasteiger partial charge in [0.1, 0.15) is 11.3 Å². The van der Waals surface area contributed by atoms with Crippen LogP contribution >= 0.6 is 0 Å². The third kappa shape index (κ3) is 3.38. The van der Waals surface area contributed by atoms with Gasteiger partial charge in [0.25, 0.3) is 0 Å². The van der Waals surface area contributed by atoms with Crippen LogP contribution < -0.4 is 5.32 Å². The second kappa shape index (κ2) is 6.59. The summed E-state index contributed by atoms with van der Waals surface area (Å²) in [6.07, 6.45) is 1.32. The van der Waals surface area contributed by atoms with Crippen molar-refractivity contribution in [3.05, 3.63) is 71.7 Å². The first-order chi connectivity index (χ1) is 13.3. The molecule has 28 heavy (non-hydrogen) atoms. The van der Waals surface area contributed by atoms with E-state index in [9.17, 15) is 22.4 Å². The lowest BCUT2D eigenvalue weighted by Gasteiger charge is -2.13. The van der Waals surface area contributed by atoms with Gasteiger partial charge in [0.05, 0.1) is 17.7 Å². The van der Waals surface area contributed by atoms with Gasteiger partial charge in [-0.25, -0.2) is 14.4 Å². The van der Waals surface area contributed by atoms with E-state index in [2.05, 4.69) is 15.3 Å². The van der Waals surface area contributed by atoms with Gasteiger partial charge in [-0.15, -0.1) is 0 Å². The Morgan fingerprint density at radius 3 is 2.50 bits per heavy atom. The molecule has 1 amide bonds. The molecule has 5 nitrogen and oxygen atoms in total. The third-order valence-corrected chi connectivity index (χ3v) is 4.15. The zero-order valence-corrected chi connectivity index (χ0v) is 14.2. The Labute approximate surface area is 156 Å². The summed E-state index contributed by atoms with van der Waals surface area (Å²) >= 11 is 0. The number of nitrogens with one attached hydrogen (secondary N) is 1. The van der Waals surface area contributed by atoms with Gasteiger partial charge in [-0.1, -0.05) is 18.2 Å². The Hall–Kier alpha value is -3.49. The summed E-state index contributed by atoms with van der Waals surface area (Å²) in [7, 11) is 0. The quantitative estimate of drug-likeness (QED) is 0.682. The van der Waals surface area contributed by atoms with Crippen molar-refractivity contribution >= 4 is 28.7 Å². The summed E-state index contributed by atoms with van der Waals surface area (Å²) < 4.78 is 53.3. The van der Waals surface area contributed by atoms with Crippen LogP contribution in [0.3, 0.4) is 0 Å². The predicted molar refractivity (Wildman–Crippen MR) is 94.7 cm³/mol. The van der Waals surface area contributed by atoms with Crippen molar-refractivity contribution in [3.8, 4) is 0 Å². The Balaban J connectivity index is 1.67. The molecule has 2 heterocycles. The number of hydrogen-bond donors (Lipinski definition) is 1. The largest absolute Gasteiger partial charge is 0.417 e. The molecule has 2 aromatic heterocycles. The maximum absolute atomic E-state index is 13.0. The van der Waals surface area contributed by atoms with E-state index in [-0.39, 0.29) is 23.5 Å². The van der Waals surface area contributed by atoms with E-state index in [0.29, 0.717) is 11.3 Å². The van der Waals surface area contributed by atoms with E-state index >= 15 is 0 Å². The Kier molecular flexibility index (Phi) is 4.21. The van der Waals surface area contributed by atoms with Crippen LogP contribution in [0.15, 0.2) is 54.8 Å². The number of amides is 1. The van der Waals surface area contributed by atoms with Crippen molar-refractivity contribution in [1.29, 1.82) is 0 Å². The van der Waals surface area contributed by atoms with Crippen LogP contribution in [-0.2, 0) is 17.4 Å². The van der Waals surface area contributed by atoms with E-state index in [1.807, 2.05) is 0 Å². The van der Waals surface area contributed by atoms with Crippen molar-refractivity contribution in [2.45, 2.75) is 12.6 Å². The number of pyridine rings is 1. The van der Waals surface area contributed by atoms with Crippen molar-refractivity contribution in [2.24, 2.45) is 0 Å². The molecule has 0 saturated carbocycles. The lowest BCUT2D eigenvalue weighted by atomic mass is 10.1. The summed E-state index contributed by atoms with van der Waals surface area (Å²) in [4.78, 5) is 20.4. The number of halogens is 4. The zero-order chi connectivity index (χ0) is 19.9. The van der Waals surface area contributed by atoms with Gasteiger partial charge in [0.2, 0.25) is 11.9 Å². The first-order valence-electron chi connectivity index (χ1n) is 8.20. The van der Waals surface area contributed by atoms with E-state index < -0.39 is 23.5 Å². The Morgan fingerprint density at radius 1 is 1.18 bits per heavy atom. The third-order valence-electron chi connectivity index (χ3n) is 4.15. The van der Waals surface area contributed by atoms with Crippen LogP contribution in [0.5, 0.6) is 0 Å². The first-order valence-corrected chi connectivity index (χ1v) is 8.20. The highest BCUT2D eigenvalue weighted by Gasteiger charge is 2.32. The minimum atomic E-state index is -4.55. The molecule has 0 aliphatic heterocycles. The maximum atomic E-state index is 13.0. The molecule has 9 heteroatoms. The number of hydrogen-bond acceptors (Lipinski definition) is 3. The molecular weight excluding hydrogens is 376 g/mol. The van der Waals surface area contributed by atoms with Gasteiger partial charge in [-0.3, -0.25) is 14.7 Å². The van der Waals surface area contributed by atoms with E-state index in [4.69, 9.17) is 0 Å². The van der Waals surface area contributed by atoms with Gasteiger partial charge in [-0.05, 0) is 35.9 Å².